The molecule has 0 aliphatic heterocycles. The molecule has 1 aromatic heterocycles. The van der Waals surface area contributed by atoms with Crippen molar-refractivity contribution in [1.29, 1.82) is 0 Å². The summed E-state index contributed by atoms with van der Waals surface area (Å²) in [5, 5.41) is 16.5. The molecule has 196 valence electrons. The lowest BCUT2D eigenvalue weighted by molar-refractivity contribution is -0.148. The van der Waals surface area contributed by atoms with Gasteiger partial charge in [0.25, 0.3) is 5.91 Å². The van der Waals surface area contributed by atoms with E-state index < -0.39 is 17.8 Å². The number of carboxylic acids is 1. The number of benzene rings is 1. The van der Waals surface area contributed by atoms with Gasteiger partial charge in [-0.2, -0.15) is 0 Å². The number of carbonyl (C=O) groups excluding carboxylic acids is 2. The molecule has 1 aromatic carbocycles. The number of allylic oxidation sites excluding steroid dienone is 2. The van der Waals surface area contributed by atoms with Crippen molar-refractivity contribution in [3.8, 4) is 11.5 Å². The number of carboxylic acid groups (broad SMARTS) is 1. The molecule has 2 bridgehead atoms. The molecule has 2 amide bonds. The van der Waals surface area contributed by atoms with E-state index in [1.54, 1.807) is 25.3 Å². The molecular weight excluding hydrogens is 492 g/mol. The van der Waals surface area contributed by atoms with Gasteiger partial charge >= 0.3 is 5.97 Å². The third kappa shape index (κ3) is 4.29. The minimum Gasteiger partial charge on any atom is -0.497 e. The Morgan fingerprint density at radius 3 is 2.38 bits per heavy atom. The molecule has 9 heteroatoms. The number of hydrogen-bond donors (Lipinski definition) is 3. The Hall–Kier alpha value is -3.33. The van der Waals surface area contributed by atoms with Crippen LogP contribution in [0.3, 0.4) is 0 Å². The molecule has 8 nitrogen and oxygen atoms in total. The lowest BCUT2D eigenvalue weighted by Crippen LogP contribution is -2.38. The molecule has 5 rings (SSSR count). The first-order chi connectivity index (χ1) is 17.7. The lowest BCUT2D eigenvalue weighted by Gasteiger charge is -2.26. The Bertz CT molecular complexity index is 1310. The summed E-state index contributed by atoms with van der Waals surface area (Å²) in [6, 6.07) is 5.16. The van der Waals surface area contributed by atoms with Crippen molar-refractivity contribution in [3.63, 3.8) is 0 Å². The number of aliphatic carboxylic acids is 1. The second kappa shape index (κ2) is 9.85. The van der Waals surface area contributed by atoms with Crippen LogP contribution >= 0.6 is 11.3 Å². The summed E-state index contributed by atoms with van der Waals surface area (Å²) in [7, 11) is 3.08. The summed E-state index contributed by atoms with van der Waals surface area (Å²) in [6.45, 7) is 4.00. The first kappa shape index (κ1) is 25.3. The number of fused-ring (bicyclic) bond motifs is 3. The van der Waals surface area contributed by atoms with E-state index in [0.29, 0.717) is 27.8 Å². The van der Waals surface area contributed by atoms with Crippen molar-refractivity contribution in [2.45, 2.75) is 46.0 Å². The van der Waals surface area contributed by atoms with Gasteiger partial charge in [0.1, 0.15) is 16.5 Å². The largest absolute Gasteiger partial charge is 0.497 e. The average Bonchev–Trinajstić information content (AvgIpc) is 3.62. The minimum absolute atomic E-state index is 0.0683. The zero-order chi connectivity index (χ0) is 26.4. The van der Waals surface area contributed by atoms with E-state index in [-0.39, 0.29) is 23.7 Å². The monoisotopic (exact) mass is 524 g/mol. The molecule has 2 aromatic rings. The Morgan fingerprint density at radius 2 is 1.73 bits per heavy atom. The van der Waals surface area contributed by atoms with E-state index in [1.807, 2.05) is 13.8 Å². The van der Waals surface area contributed by atoms with Gasteiger partial charge in [-0.3, -0.25) is 14.4 Å². The van der Waals surface area contributed by atoms with Gasteiger partial charge in [-0.1, -0.05) is 11.1 Å². The first-order valence-corrected chi connectivity index (χ1v) is 13.5. The van der Waals surface area contributed by atoms with Gasteiger partial charge in [0, 0.05) is 10.9 Å². The van der Waals surface area contributed by atoms with E-state index in [0.717, 1.165) is 53.7 Å². The maximum Gasteiger partial charge on any atom is 0.307 e. The third-order valence-electron chi connectivity index (χ3n) is 8.05. The summed E-state index contributed by atoms with van der Waals surface area (Å²) in [4.78, 5) is 40.6. The molecule has 2 fully saturated rings. The Kier molecular flexibility index (Phi) is 6.74. The second-order valence-corrected chi connectivity index (χ2v) is 11.3. The quantitative estimate of drug-likeness (QED) is 0.432. The number of aryl methyl sites for hydroxylation is 1. The van der Waals surface area contributed by atoms with Crippen LogP contribution in [0.15, 0.2) is 29.3 Å². The van der Waals surface area contributed by atoms with E-state index in [4.69, 9.17) is 9.47 Å². The Balaban J connectivity index is 1.46. The number of anilines is 2. The predicted octanol–water partition coefficient (Wildman–Crippen LogP) is 5.14. The van der Waals surface area contributed by atoms with Crippen molar-refractivity contribution in [1.82, 2.24) is 0 Å². The maximum atomic E-state index is 13.7. The van der Waals surface area contributed by atoms with E-state index in [1.165, 1.54) is 18.4 Å². The fourth-order valence-corrected chi connectivity index (χ4v) is 7.92. The van der Waals surface area contributed by atoms with Gasteiger partial charge in [-0.05, 0) is 75.5 Å². The first-order valence-electron chi connectivity index (χ1n) is 12.6. The summed E-state index contributed by atoms with van der Waals surface area (Å²) in [6.07, 6.45) is 4.18. The zero-order valence-electron chi connectivity index (χ0n) is 21.5. The van der Waals surface area contributed by atoms with Gasteiger partial charge in [-0.15, -0.1) is 11.3 Å². The van der Waals surface area contributed by atoms with E-state index >= 15 is 0 Å². The van der Waals surface area contributed by atoms with Gasteiger partial charge in [-0.25, -0.2) is 0 Å². The minimum atomic E-state index is -0.928. The standard InChI is InChI=1S/C28H32N2O6S/c1-13(2)21-16-9-10-17(21)23(28(33)34)22(16)25(31)30-27-24(15-6-5-7-20(15)37-27)26(32)29-18-12-14(35-3)8-11-19(18)36-4/h8,11-12,16-17,22-23H,5-7,9-10H2,1-4H3,(H,29,32)(H,30,31)(H,33,34)/t16-,17-,22-,23+/m0/s1. The molecule has 0 saturated heterocycles. The predicted molar refractivity (Wildman–Crippen MR) is 142 cm³/mol. The highest BCUT2D eigenvalue weighted by Crippen LogP contribution is 2.57. The normalized spacial score (nSPS) is 23.5. The number of thiophene rings is 1. The molecule has 2 saturated carbocycles. The highest BCUT2D eigenvalue weighted by Gasteiger charge is 2.57. The van der Waals surface area contributed by atoms with Crippen molar-refractivity contribution in [2.24, 2.45) is 23.7 Å². The summed E-state index contributed by atoms with van der Waals surface area (Å²) in [5.41, 5.74) is 4.11. The Labute approximate surface area is 220 Å². The number of rotatable bonds is 7. The van der Waals surface area contributed by atoms with Crippen molar-refractivity contribution in [3.05, 3.63) is 45.3 Å². The molecule has 1 heterocycles. The fraction of sp³-hybridized carbons (Fsp3) is 0.464. The summed E-state index contributed by atoms with van der Waals surface area (Å²) >= 11 is 1.42. The van der Waals surface area contributed by atoms with Crippen LogP contribution in [-0.2, 0) is 22.4 Å². The van der Waals surface area contributed by atoms with E-state index in [9.17, 15) is 19.5 Å². The molecule has 4 atom stereocenters. The van der Waals surface area contributed by atoms with Crippen LogP contribution in [0.4, 0.5) is 10.7 Å². The second-order valence-electron chi connectivity index (χ2n) is 10.2. The van der Waals surface area contributed by atoms with Crippen molar-refractivity contribution >= 4 is 39.8 Å². The average molecular weight is 525 g/mol. The molecule has 0 unspecified atom stereocenters. The SMILES string of the molecule is COc1ccc(OC)c(NC(=O)c2c(NC(=O)[C@@H]3[C@H](C(=O)O)[C@H]4CC[C@H]3C4=C(C)C)sc3c2CCC3)c1. The van der Waals surface area contributed by atoms with Crippen molar-refractivity contribution in [2.75, 3.05) is 24.9 Å². The molecular formula is C28H32N2O6S. The van der Waals surface area contributed by atoms with Gasteiger partial charge < -0.3 is 25.2 Å². The van der Waals surface area contributed by atoms with Crippen LogP contribution in [0, 0.1) is 23.7 Å². The van der Waals surface area contributed by atoms with Gasteiger partial charge in [0.05, 0.1) is 37.3 Å². The lowest BCUT2D eigenvalue weighted by atomic mass is 9.79. The van der Waals surface area contributed by atoms with Crippen LogP contribution in [0.2, 0.25) is 0 Å². The maximum absolute atomic E-state index is 13.7. The zero-order valence-corrected chi connectivity index (χ0v) is 22.3. The fourth-order valence-electron chi connectivity index (χ4n) is 6.63. The topological polar surface area (TPSA) is 114 Å². The molecule has 3 aliphatic rings. The summed E-state index contributed by atoms with van der Waals surface area (Å²) < 4.78 is 10.7. The number of ether oxygens (including phenoxy) is 2. The van der Waals surface area contributed by atoms with Crippen LogP contribution in [0.25, 0.3) is 0 Å². The van der Waals surface area contributed by atoms with Gasteiger partial charge in [0.15, 0.2) is 0 Å². The van der Waals surface area contributed by atoms with Gasteiger partial charge in [0.2, 0.25) is 5.91 Å². The van der Waals surface area contributed by atoms with Crippen molar-refractivity contribution < 1.29 is 29.0 Å². The smallest absolute Gasteiger partial charge is 0.307 e. The summed E-state index contributed by atoms with van der Waals surface area (Å²) in [5.74, 6) is -2.07. The van der Waals surface area contributed by atoms with E-state index in [2.05, 4.69) is 10.6 Å². The van der Waals surface area contributed by atoms with Crippen LogP contribution in [0.1, 0.15) is 53.9 Å². The number of carbonyl (C=O) groups is 3. The number of hydrogen-bond acceptors (Lipinski definition) is 6. The number of amides is 2. The highest BCUT2D eigenvalue weighted by molar-refractivity contribution is 7.17. The molecule has 3 N–H and O–H groups in total. The molecule has 0 radical (unpaired) electrons. The van der Waals surface area contributed by atoms with Crippen LogP contribution in [-0.4, -0.2) is 37.1 Å². The number of nitrogens with one attached hydrogen (secondary N) is 2. The third-order valence-corrected chi connectivity index (χ3v) is 9.25. The van der Waals surface area contributed by atoms with Crippen LogP contribution < -0.4 is 20.1 Å². The number of methoxy groups -OCH3 is 2. The molecule has 3 aliphatic carbocycles. The highest BCUT2D eigenvalue weighted by atomic mass is 32.1. The molecule has 37 heavy (non-hydrogen) atoms. The Morgan fingerprint density at radius 1 is 1.00 bits per heavy atom. The van der Waals surface area contributed by atoms with Crippen LogP contribution in [0.5, 0.6) is 11.5 Å². The molecule has 0 spiro atoms.